The third-order valence-electron chi connectivity index (χ3n) is 8.24. The van der Waals surface area contributed by atoms with Crippen LogP contribution in [0.2, 0.25) is 0 Å². The second-order valence-electron chi connectivity index (χ2n) is 10.1. The minimum Gasteiger partial charge on any atom is -0.481 e. The van der Waals surface area contributed by atoms with Crippen molar-refractivity contribution in [1.29, 1.82) is 0 Å². The molecular formula is C27H28N2O5. The number of nitrogens with one attached hydrogen (secondary N) is 1. The third-order valence-corrected chi connectivity index (χ3v) is 8.24. The summed E-state index contributed by atoms with van der Waals surface area (Å²) >= 11 is 0. The Bertz CT molecular complexity index is 1110. The summed E-state index contributed by atoms with van der Waals surface area (Å²) in [6.45, 7) is 1.47. The predicted octanol–water partition coefficient (Wildman–Crippen LogP) is 3.48. The lowest BCUT2D eigenvalue weighted by atomic mass is 9.79. The van der Waals surface area contributed by atoms with Gasteiger partial charge in [-0.25, -0.2) is 4.79 Å². The monoisotopic (exact) mass is 460 g/mol. The first-order chi connectivity index (χ1) is 16.5. The van der Waals surface area contributed by atoms with Crippen molar-refractivity contribution in [3.05, 3.63) is 59.7 Å². The number of aliphatic carboxylic acids is 1. The second-order valence-corrected chi connectivity index (χ2v) is 10.1. The fourth-order valence-electron chi connectivity index (χ4n) is 6.31. The number of carboxylic acids is 1. The smallest absolute Gasteiger partial charge is 0.407 e. The number of likely N-dealkylation sites (tertiary alicyclic amines) is 1. The number of benzene rings is 2. The van der Waals surface area contributed by atoms with Gasteiger partial charge in [-0.15, -0.1) is 0 Å². The molecule has 2 amide bonds. The van der Waals surface area contributed by atoms with E-state index in [0.717, 1.165) is 6.42 Å². The van der Waals surface area contributed by atoms with Crippen LogP contribution in [0.4, 0.5) is 4.79 Å². The number of ether oxygens (including phenoxy) is 1. The zero-order chi connectivity index (χ0) is 23.4. The molecule has 7 heteroatoms. The first-order valence-corrected chi connectivity index (χ1v) is 12.1. The standard InChI is InChI=1S/C27H28N2O5/c30-25(29-10-9-21-22(13-29)24(21)26(31)32)15-11-16(12-15)28-27(33)34-14-23-19-7-3-1-5-17(19)18-6-2-4-8-20(18)23/h1-8,15-16,21-24H,9-14H2,(H,28,33)(H,31,32). The number of fused-ring (bicyclic) bond motifs is 4. The molecule has 0 bridgehead atoms. The van der Waals surface area contributed by atoms with Crippen LogP contribution in [0.3, 0.4) is 0 Å². The fourth-order valence-corrected chi connectivity index (χ4v) is 6.31. The van der Waals surface area contributed by atoms with Crippen LogP contribution >= 0.6 is 0 Å². The van der Waals surface area contributed by atoms with Crippen molar-refractivity contribution in [2.24, 2.45) is 23.7 Å². The van der Waals surface area contributed by atoms with E-state index in [2.05, 4.69) is 29.6 Å². The van der Waals surface area contributed by atoms with Crippen LogP contribution in [-0.2, 0) is 14.3 Å². The van der Waals surface area contributed by atoms with E-state index in [4.69, 9.17) is 4.74 Å². The largest absolute Gasteiger partial charge is 0.481 e. The van der Waals surface area contributed by atoms with E-state index in [1.807, 2.05) is 29.2 Å². The van der Waals surface area contributed by atoms with Gasteiger partial charge in [-0.3, -0.25) is 9.59 Å². The Hall–Kier alpha value is -3.35. The highest BCUT2D eigenvalue weighted by molar-refractivity contribution is 5.82. The zero-order valence-electron chi connectivity index (χ0n) is 18.9. The number of carbonyl (C=O) groups excluding carboxylic acids is 2. The van der Waals surface area contributed by atoms with Crippen LogP contribution in [0, 0.1) is 23.7 Å². The van der Waals surface area contributed by atoms with Crippen molar-refractivity contribution < 1.29 is 24.2 Å². The molecule has 1 heterocycles. The summed E-state index contributed by atoms with van der Waals surface area (Å²) in [5.41, 5.74) is 4.74. The van der Waals surface area contributed by atoms with Gasteiger partial charge in [0, 0.05) is 31.0 Å². The molecule has 176 valence electrons. The Balaban J connectivity index is 0.985. The number of amides is 2. The van der Waals surface area contributed by atoms with Crippen molar-refractivity contribution in [1.82, 2.24) is 10.2 Å². The summed E-state index contributed by atoms with van der Waals surface area (Å²) in [7, 11) is 0. The molecule has 2 aromatic carbocycles. The summed E-state index contributed by atoms with van der Waals surface area (Å²) in [5, 5.41) is 12.2. The Morgan fingerprint density at radius 2 is 1.62 bits per heavy atom. The first kappa shape index (κ1) is 21.2. The van der Waals surface area contributed by atoms with E-state index < -0.39 is 12.1 Å². The van der Waals surface area contributed by atoms with E-state index >= 15 is 0 Å². The van der Waals surface area contributed by atoms with Crippen LogP contribution in [0.15, 0.2) is 48.5 Å². The molecule has 6 rings (SSSR count). The van der Waals surface area contributed by atoms with Gasteiger partial charge in [0.05, 0.1) is 5.92 Å². The minimum atomic E-state index is -0.736. The SMILES string of the molecule is O=C(NC1CC(C(=O)N2CCC3C(C2)C3C(=O)O)C1)OCC1c2ccccc2-c2ccccc21. The number of carboxylic acid groups (broad SMARTS) is 1. The molecule has 2 N–H and O–H groups in total. The van der Waals surface area contributed by atoms with Crippen molar-refractivity contribution in [2.45, 2.75) is 31.2 Å². The molecule has 3 unspecified atom stereocenters. The van der Waals surface area contributed by atoms with Gasteiger partial charge >= 0.3 is 12.1 Å². The quantitative estimate of drug-likeness (QED) is 0.712. The maximum atomic E-state index is 12.8. The molecule has 7 nitrogen and oxygen atoms in total. The van der Waals surface area contributed by atoms with E-state index in [1.54, 1.807) is 0 Å². The van der Waals surface area contributed by atoms with Crippen molar-refractivity contribution in [3.8, 4) is 11.1 Å². The number of piperidine rings is 1. The maximum Gasteiger partial charge on any atom is 0.407 e. The molecule has 1 aliphatic heterocycles. The van der Waals surface area contributed by atoms with Gasteiger partial charge in [0.1, 0.15) is 6.61 Å². The number of hydrogen-bond donors (Lipinski definition) is 2. The molecule has 3 aliphatic carbocycles. The molecule has 0 radical (unpaired) electrons. The van der Waals surface area contributed by atoms with E-state index in [0.29, 0.717) is 25.9 Å². The zero-order valence-corrected chi connectivity index (χ0v) is 18.9. The number of carbonyl (C=O) groups is 3. The lowest BCUT2D eigenvalue weighted by Gasteiger charge is -2.38. The summed E-state index contributed by atoms with van der Waals surface area (Å²) in [4.78, 5) is 38.4. The molecule has 3 atom stereocenters. The highest BCUT2D eigenvalue weighted by atomic mass is 16.5. The van der Waals surface area contributed by atoms with Gasteiger partial charge in [-0.1, -0.05) is 48.5 Å². The van der Waals surface area contributed by atoms with Crippen LogP contribution in [0.25, 0.3) is 11.1 Å². The topological polar surface area (TPSA) is 95.9 Å². The van der Waals surface area contributed by atoms with Crippen LogP contribution < -0.4 is 5.32 Å². The lowest BCUT2D eigenvalue weighted by molar-refractivity contribution is -0.141. The Morgan fingerprint density at radius 3 is 2.26 bits per heavy atom. The summed E-state index contributed by atoms with van der Waals surface area (Å²) in [5.74, 6) is -0.634. The van der Waals surface area contributed by atoms with Crippen LogP contribution in [0.5, 0.6) is 0 Å². The Morgan fingerprint density at radius 1 is 0.971 bits per heavy atom. The second kappa shape index (κ2) is 8.15. The Kier molecular flexibility index (Phi) is 5.08. The highest BCUT2D eigenvalue weighted by Gasteiger charge is 2.58. The molecule has 4 aliphatic rings. The van der Waals surface area contributed by atoms with Crippen molar-refractivity contribution in [2.75, 3.05) is 19.7 Å². The molecule has 1 saturated heterocycles. The van der Waals surface area contributed by atoms with Gasteiger partial charge in [0.25, 0.3) is 0 Å². The van der Waals surface area contributed by atoms with E-state index in [-0.39, 0.29) is 48.1 Å². The number of alkyl carbamates (subject to hydrolysis) is 1. The first-order valence-electron chi connectivity index (χ1n) is 12.1. The highest BCUT2D eigenvalue weighted by Crippen LogP contribution is 2.52. The average molecular weight is 461 g/mol. The third kappa shape index (κ3) is 3.54. The summed E-state index contributed by atoms with van der Waals surface area (Å²) < 4.78 is 5.61. The van der Waals surface area contributed by atoms with Gasteiger partial charge in [0.15, 0.2) is 0 Å². The van der Waals surface area contributed by atoms with Crippen LogP contribution in [-0.4, -0.2) is 53.7 Å². The van der Waals surface area contributed by atoms with Gasteiger partial charge < -0.3 is 20.1 Å². The summed E-state index contributed by atoms with van der Waals surface area (Å²) in [6.07, 6.45) is 1.55. The van der Waals surface area contributed by atoms with E-state index in [1.165, 1.54) is 22.3 Å². The summed E-state index contributed by atoms with van der Waals surface area (Å²) in [6, 6.07) is 16.4. The fraction of sp³-hybridized carbons (Fsp3) is 0.444. The molecular weight excluding hydrogens is 432 g/mol. The van der Waals surface area contributed by atoms with Gasteiger partial charge in [-0.2, -0.15) is 0 Å². The number of nitrogens with zero attached hydrogens (tertiary/aromatic N) is 1. The average Bonchev–Trinajstić information content (AvgIpc) is 3.47. The van der Waals surface area contributed by atoms with Gasteiger partial charge in [0.2, 0.25) is 5.91 Å². The van der Waals surface area contributed by atoms with E-state index in [9.17, 15) is 19.5 Å². The normalized spacial score (nSPS) is 28.7. The molecule has 2 saturated carbocycles. The number of rotatable bonds is 5. The van der Waals surface area contributed by atoms with Crippen molar-refractivity contribution >= 4 is 18.0 Å². The predicted molar refractivity (Wildman–Crippen MR) is 124 cm³/mol. The minimum absolute atomic E-state index is 0.0221. The van der Waals surface area contributed by atoms with Crippen LogP contribution in [0.1, 0.15) is 36.3 Å². The molecule has 0 aromatic heterocycles. The van der Waals surface area contributed by atoms with Crippen molar-refractivity contribution in [3.63, 3.8) is 0 Å². The van der Waals surface area contributed by atoms with Gasteiger partial charge in [-0.05, 0) is 53.4 Å². The number of hydrogen-bond acceptors (Lipinski definition) is 4. The maximum absolute atomic E-state index is 12.8. The molecule has 2 aromatic rings. The lowest BCUT2D eigenvalue weighted by Crippen LogP contribution is -2.51. The Labute approximate surface area is 198 Å². The molecule has 0 spiro atoms. The molecule has 34 heavy (non-hydrogen) atoms. The molecule has 3 fully saturated rings.